The maximum Gasteiger partial charge on any atom is 0.331 e. The summed E-state index contributed by atoms with van der Waals surface area (Å²) in [5.41, 5.74) is 0. The predicted molar refractivity (Wildman–Crippen MR) is 140 cm³/mol. The SMILES string of the molecule is C=C(/C=C\C=C\C(=O)OC1CC2C3CCC(C3)C2CC1OC(=O)C/C=C\C=C(/C)PC)PC. The van der Waals surface area contributed by atoms with E-state index in [-0.39, 0.29) is 30.6 Å². The van der Waals surface area contributed by atoms with Gasteiger partial charge in [0, 0.05) is 6.08 Å². The van der Waals surface area contributed by atoms with Crippen LogP contribution in [0.4, 0.5) is 0 Å². The molecule has 0 spiro atoms. The maximum atomic E-state index is 12.5. The van der Waals surface area contributed by atoms with Gasteiger partial charge in [-0.3, -0.25) is 4.79 Å². The van der Waals surface area contributed by atoms with E-state index >= 15 is 0 Å². The van der Waals surface area contributed by atoms with E-state index in [4.69, 9.17) is 9.47 Å². The fraction of sp³-hybridized carbons (Fsp3) is 0.556. The van der Waals surface area contributed by atoms with Gasteiger partial charge in [-0.25, -0.2) is 4.79 Å². The number of hydrogen-bond donors (Lipinski definition) is 0. The Balaban J connectivity index is 1.61. The largest absolute Gasteiger partial charge is 0.458 e. The van der Waals surface area contributed by atoms with Crippen LogP contribution in [-0.4, -0.2) is 37.5 Å². The summed E-state index contributed by atoms with van der Waals surface area (Å²) in [6, 6.07) is 0. The lowest BCUT2D eigenvalue weighted by Gasteiger charge is -2.42. The first-order valence-corrected chi connectivity index (χ1v) is 15.0. The van der Waals surface area contributed by atoms with E-state index < -0.39 is 0 Å². The average molecular weight is 489 g/mol. The summed E-state index contributed by atoms with van der Waals surface area (Å²) < 4.78 is 11.7. The van der Waals surface area contributed by atoms with Gasteiger partial charge in [0.25, 0.3) is 0 Å². The van der Waals surface area contributed by atoms with Crippen molar-refractivity contribution < 1.29 is 19.1 Å². The Kier molecular flexibility index (Phi) is 10.1. The first-order valence-electron chi connectivity index (χ1n) is 12.0. The summed E-state index contributed by atoms with van der Waals surface area (Å²) in [7, 11) is 1.41. The van der Waals surface area contributed by atoms with Crippen molar-refractivity contribution in [2.75, 3.05) is 13.3 Å². The lowest BCUT2D eigenvalue weighted by molar-refractivity contribution is -0.174. The smallest absolute Gasteiger partial charge is 0.331 e. The van der Waals surface area contributed by atoms with Crippen LogP contribution >= 0.6 is 17.2 Å². The second-order valence-electron chi connectivity index (χ2n) is 9.36. The molecule has 0 aromatic carbocycles. The molecule has 0 aliphatic heterocycles. The van der Waals surface area contributed by atoms with Crippen molar-refractivity contribution in [3.05, 3.63) is 59.7 Å². The van der Waals surface area contributed by atoms with Gasteiger partial charge < -0.3 is 9.47 Å². The van der Waals surface area contributed by atoms with Crippen molar-refractivity contribution in [2.45, 2.75) is 57.7 Å². The Morgan fingerprint density at radius 1 is 0.909 bits per heavy atom. The molecule has 8 atom stereocenters. The molecular weight excluding hydrogens is 450 g/mol. The first kappa shape index (κ1) is 26.1. The van der Waals surface area contributed by atoms with Gasteiger partial charge >= 0.3 is 11.9 Å². The second-order valence-corrected chi connectivity index (χ2v) is 11.8. The quantitative estimate of drug-likeness (QED) is 0.155. The van der Waals surface area contributed by atoms with E-state index in [9.17, 15) is 9.59 Å². The zero-order chi connectivity index (χ0) is 23.8. The van der Waals surface area contributed by atoms with Gasteiger partial charge in [0.1, 0.15) is 12.2 Å². The highest BCUT2D eigenvalue weighted by molar-refractivity contribution is 7.42. The molecule has 3 aliphatic carbocycles. The molecule has 0 N–H and O–H groups in total. The molecular formula is C27H38O4P2. The molecule has 33 heavy (non-hydrogen) atoms. The van der Waals surface area contributed by atoms with Crippen molar-refractivity contribution >= 4 is 29.1 Å². The van der Waals surface area contributed by atoms with E-state index in [0.717, 1.165) is 38.6 Å². The van der Waals surface area contributed by atoms with Gasteiger partial charge in [0.2, 0.25) is 0 Å². The first-order chi connectivity index (χ1) is 15.9. The number of rotatable bonds is 10. The van der Waals surface area contributed by atoms with Gasteiger partial charge in [-0.2, -0.15) is 0 Å². The van der Waals surface area contributed by atoms with Crippen LogP contribution in [0.15, 0.2) is 59.7 Å². The number of esters is 2. The molecule has 0 saturated heterocycles. The molecule has 8 unspecified atom stereocenters. The van der Waals surface area contributed by atoms with Crippen LogP contribution in [0, 0.1) is 23.7 Å². The van der Waals surface area contributed by atoms with Crippen molar-refractivity contribution in [1.29, 1.82) is 0 Å². The standard InChI is InChI=1S/C27H38O4P2/c1-18(32-3)9-5-7-11-26(28)30-24-16-22-20-13-14-21(15-20)23(22)17-25(24)31-27(29)12-8-6-10-19(2)33-4/h5-11,20-25,32-33H,1,12-17H2,2-4H3/b8-6-,9-5-,11-7+,19-10+. The topological polar surface area (TPSA) is 52.6 Å². The lowest BCUT2D eigenvalue weighted by Crippen LogP contribution is -2.45. The number of fused-ring (bicyclic) bond motifs is 5. The molecule has 3 rings (SSSR count). The predicted octanol–water partition coefficient (Wildman–Crippen LogP) is 6.36. The summed E-state index contributed by atoms with van der Waals surface area (Å²) in [4.78, 5) is 25.0. The number of allylic oxidation sites excluding steroid dienone is 7. The summed E-state index contributed by atoms with van der Waals surface area (Å²) in [6.07, 6.45) is 17.7. The number of carbonyl (C=O) groups excluding carboxylic acids is 2. The summed E-state index contributed by atoms with van der Waals surface area (Å²) in [5.74, 6) is 2.06. The second kappa shape index (κ2) is 12.8. The van der Waals surface area contributed by atoms with E-state index in [0.29, 0.717) is 20.4 Å². The van der Waals surface area contributed by atoms with E-state index in [1.165, 1.54) is 30.7 Å². The van der Waals surface area contributed by atoms with Crippen molar-refractivity contribution in [3.8, 4) is 0 Å². The molecule has 2 bridgehead atoms. The number of ether oxygens (including phenoxy) is 2. The Morgan fingerprint density at radius 2 is 1.55 bits per heavy atom. The van der Waals surface area contributed by atoms with E-state index in [1.807, 2.05) is 30.4 Å². The molecule has 0 amide bonds. The van der Waals surface area contributed by atoms with Crippen molar-refractivity contribution in [3.63, 3.8) is 0 Å². The van der Waals surface area contributed by atoms with Crippen LogP contribution in [0.25, 0.3) is 0 Å². The lowest BCUT2D eigenvalue weighted by atomic mass is 9.69. The Hall–Kier alpha value is -1.50. The average Bonchev–Trinajstić information content (AvgIpc) is 3.41. The number of carbonyl (C=O) groups is 2. The fourth-order valence-electron chi connectivity index (χ4n) is 5.61. The fourth-order valence-corrected chi connectivity index (χ4v) is 6.13. The van der Waals surface area contributed by atoms with Crippen molar-refractivity contribution in [1.82, 2.24) is 0 Å². The highest BCUT2D eigenvalue weighted by atomic mass is 31.1. The van der Waals surface area contributed by atoms with Crippen LogP contribution in [0.1, 0.15) is 45.4 Å². The minimum atomic E-state index is -0.377. The Morgan fingerprint density at radius 3 is 2.18 bits per heavy atom. The Labute approximate surface area is 202 Å². The zero-order valence-electron chi connectivity index (χ0n) is 20.1. The van der Waals surface area contributed by atoms with Crippen molar-refractivity contribution in [2.24, 2.45) is 23.7 Å². The van der Waals surface area contributed by atoms with Gasteiger partial charge in [-0.1, -0.05) is 65.5 Å². The minimum Gasteiger partial charge on any atom is -0.458 e. The van der Waals surface area contributed by atoms with Gasteiger partial charge in [-0.05, 0) is 81.3 Å². The highest BCUT2D eigenvalue weighted by Gasteiger charge is 2.53. The third-order valence-corrected chi connectivity index (χ3v) is 9.14. The molecule has 0 aromatic rings. The van der Waals surface area contributed by atoms with E-state index in [2.05, 4.69) is 26.8 Å². The zero-order valence-corrected chi connectivity index (χ0v) is 22.1. The molecule has 4 nitrogen and oxygen atoms in total. The van der Waals surface area contributed by atoms with Crippen LogP contribution in [0.2, 0.25) is 0 Å². The summed E-state index contributed by atoms with van der Waals surface area (Å²) >= 11 is 0. The van der Waals surface area contributed by atoms with E-state index in [1.54, 1.807) is 6.08 Å². The molecule has 180 valence electrons. The van der Waals surface area contributed by atoms with Crippen LogP contribution < -0.4 is 0 Å². The maximum absolute atomic E-state index is 12.5. The minimum absolute atomic E-state index is 0.237. The highest BCUT2D eigenvalue weighted by Crippen LogP contribution is 2.58. The molecule has 3 saturated carbocycles. The molecule has 0 radical (unpaired) electrons. The monoisotopic (exact) mass is 488 g/mol. The molecule has 3 fully saturated rings. The van der Waals surface area contributed by atoms with Crippen LogP contribution in [0.3, 0.4) is 0 Å². The van der Waals surface area contributed by atoms with Gasteiger partial charge in [0.15, 0.2) is 0 Å². The van der Waals surface area contributed by atoms with Crippen LogP contribution in [0.5, 0.6) is 0 Å². The van der Waals surface area contributed by atoms with Gasteiger partial charge in [-0.15, -0.1) is 0 Å². The third-order valence-electron chi connectivity index (χ3n) is 7.37. The molecule has 0 heterocycles. The number of hydrogen-bond acceptors (Lipinski definition) is 4. The normalized spacial score (nSPS) is 32.2. The summed E-state index contributed by atoms with van der Waals surface area (Å²) in [5, 5.41) is 2.33. The third kappa shape index (κ3) is 7.49. The van der Waals surface area contributed by atoms with Gasteiger partial charge in [0.05, 0.1) is 6.42 Å². The molecule has 6 heteroatoms. The molecule has 0 aromatic heterocycles. The molecule has 3 aliphatic rings. The summed E-state index contributed by atoms with van der Waals surface area (Å²) in [6.45, 7) is 10.2. The Bertz CT molecular complexity index is 841. The van der Waals surface area contributed by atoms with Crippen LogP contribution in [-0.2, 0) is 19.1 Å².